The van der Waals surface area contributed by atoms with Crippen molar-refractivity contribution < 1.29 is 28.9 Å². The lowest BCUT2D eigenvalue weighted by molar-refractivity contribution is -0.153. The van der Waals surface area contributed by atoms with Crippen LogP contribution >= 0.6 is 0 Å². The smallest absolute Gasteiger partial charge is 0.411 e. The van der Waals surface area contributed by atoms with Crippen molar-refractivity contribution in [1.82, 2.24) is 4.90 Å². The molecule has 0 aromatic heterocycles. The first kappa shape index (κ1) is 23.5. The van der Waals surface area contributed by atoms with Crippen LogP contribution < -0.4 is 0 Å². The predicted molar refractivity (Wildman–Crippen MR) is 124 cm³/mol. The summed E-state index contributed by atoms with van der Waals surface area (Å²) in [5.74, 6) is -0.709. The third-order valence-corrected chi connectivity index (χ3v) is 5.63. The molecule has 7 heteroatoms. The molecule has 0 spiro atoms. The summed E-state index contributed by atoms with van der Waals surface area (Å²) < 4.78 is 16.7. The van der Waals surface area contributed by atoms with Crippen LogP contribution in [0, 0.1) is 0 Å². The third kappa shape index (κ3) is 6.01. The van der Waals surface area contributed by atoms with Gasteiger partial charge in [0.15, 0.2) is 6.04 Å². The Morgan fingerprint density at radius 3 is 1.74 bits per heavy atom. The Kier molecular flexibility index (Phi) is 7.91. The van der Waals surface area contributed by atoms with Crippen LogP contribution in [0.25, 0.3) is 0 Å². The van der Waals surface area contributed by atoms with Gasteiger partial charge in [-0.2, -0.15) is 0 Å². The minimum atomic E-state index is -1.25. The average Bonchev–Trinajstić information content (AvgIpc) is 3.22. The van der Waals surface area contributed by atoms with Crippen LogP contribution in [0.5, 0.6) is 0 Å². The molecule has 4 rings (SSSR count). The maximum absolute atomic E-state index is 13.0. The lowest BCUT2D eigenvalue weighted by Gasteiger charge is -2.23. The van der Waals surface area contributed by atoms with E-state index >= 15 is 0 Å². The molecule has 1 saturated heterocycles. The number of aliphatic hydroxyl groups is 1. The number of likely N-dealkylation sites (tertiary alicyclic amines) is 1. The molecule has 3 aromatic rings. The van der Waals surface area contributed by atoms with Gasteiger partial charge in [0.1, 0.15) is 25.4 Å². The van der Waals surface area contributed by atoms with E-state index in [4.69, 9.17) is 14.2 Å². The first-order chi connectivity index (χ1) is 16.6. The molecule has 34 heavy (non-hydrogen) atoms. The fourth-order valence-corrected chi connectivity index (χ4v) is 3.80. The molecule has 1 fully saturated rings. The van der Waals surface area contributed by atoms with E-state index in [0.29, 0.717) is 0 Å². The summed E-state index contributed by atoms with van der Waals surface area (Å²) in [5.41, 5.74) is 2.54. The SMILES string of the molecule is O=C(OCc1ccccc1)[C@@H]1[C@H](O)[C@H](OCc2ccccc2)CN1C(=O)OCc1ccccc1. The number of hydrogen-bond acceptors (Lipinski definition) is 6. The van der Waals surface area contributed by atoms with Gasteiger partial charge < -0.3 is 19.3 Å². The van der Waals surface area contributed by atoms with Gasteiger partial charge in [-0.3, -0.25) is 4.90 Å². The Balaban J connectivity index is 1.44. The Morgan fingerprint density at radius 1 is 0.735 bits per heavy atom. The third-order valence-electron chi connectivity index (χ3n) is 5.63. The van der Waals surface area contributed by atoms with Gasteiger partial charge in [0.05, 0.1) is 13.2 Å². The number of hydrogen-bond donors (Lipinski definition) is 1. The highest BCUT2D eigenvalue weighted by Gasteiger charge is 2.49. The van der Waals surface area contributed by atoms with Crippen molar-refractivity contribution >= 4 is 12.1 Å². The first-order valence-corrected chi connectivity index (χ1v) is 11.1. The standard InChI is InChI=1S/C27H27NO6/c29-25-23(32-17-20-10-4-1-5-11-20)16-28(27(31)34-19-22-14-8-3-9-15-22)24(25)26(30)33-18-21-12-6-2-7-13-21/h1-15,23-25,29H,16-19H2/t23-,24+,25-/m1/s1. The molecule has 1 aliphatic rings. The number of aliphatic hydroxyl groups excluding tert-OH is 1. The number of benzene rings is 3. The van der Waals surface area contributed by atoms with E-state index in [1.807, 2.05) is 91.0 Å². The van der Waals surface area contributed by atoms with E-state index in [2.05, 4.69) is 0 Å². The number of carbonyl (C=O) groups excluding carboxylic acids is 2. The maximum atomic E-state index is 13.0. The highest BCUT2D eigenvalue weighted by molar-refractivity contribution is 5.83. The zero-order valence-electron chi connectivity index (χ0n) is 18.7. The topological polar surface area (TPSA) is 85.3 Å². The van der Waals surface area contributed by atoms with Gasteiger partial charge in [0, 0.05) is 0 Å². The van der Waals surface area contributed by atoms with E-state index in [1.165, 1.54) is 4.90 Å². The van der Waals surface area contributed by atoms with Gasteiger partial charge in [-0.15, -0.1) is 0 Å². The molecule has 1 amide bonds. The Bertz CT molecular complexity index is 1060. The summed E-state index contributed by atoms with van der Waals surface area (Å²) in [4.78, 5) is 27.0. The second kappa shape index (κ2) is 11.4. The lowest BCUT2D eigenvalue weighted by atomic mass is 10.1. The van der Waals surface area contributed by atoms with E-state index in [0.717, 1.165) is 16.7 Å². The summed E-state index contributed by atoms with van der Waals surface area (Å²) in [6.45, 7) is 0.326. The van der Waals surface area contributed by atoms with Gasteiger partial charge in [0.2, 0.25) is 0 Å². The molecule has 1 aliphatic heterocycles. The van der Waals surface area contributed by atoms with Crippen LogP contribution in [0.1, 0.15) is 16.7 Å². The summed E-state index contributed by atoms with van der Waals surface area (Å²) >= 11 is 0. The van der Waals surface area contributed by atoms with Crippen molar-refractivity contribution in [3.8, 4) is 0 Å². The first-order valence-electron chi connectivity index (χ1n) is 11.1. The molecule has 3 atom stereocenters. The Hall–Kier alpha value is -3.68. The second-order valence-electron chi connectivity index (χ2n) is 8.06. The van der Waals surface area contributed by atoms with Crippen LogP contribution in [-0.4, -0.2) is 46.9 Å². The van der Waals surface area contributed by atoms with Crippen molar-refractivity contribution in [1.29, 1.82) is 0 Å². The lowest BCUT2D eigenvalue weighted by Crippen LogP contribution is -2.46. The highest BCUT2D eigenvalue weighted by Crippen LogP contribution is 2.25. The van der Waals surface area contributed by atoms with Gasteiger partial charge in [-0.1, -0.05) is 91.0 Å². The number of rotatable bonds is 8. The number of amides is 1. The van der Waals surface area contributed by atoms with Gasteiger partial charge >= 0.3 is 12.1 Å². The van der Waals surface area contributed by atoms with Crippen molar-refractivity contribution in [2.75, 3.05) is 6.54 Å². The van der Waals surface area contributed by atoms with Crippen LogP contribution in [0.2, 0.25) is 0 Å². The van der Waals surface area contributed by atoms with Crippen molar-refractivity contribution in [2.24, 2.45) is 0 Å². The summed E-state index contributed by atoms with van der Waals surface area (Å²) in [5, 5.41) is 10.9. The van der Waals surface area contributed by atoms with Crippen LogP contribution in [0.4, 0.5) is 4.79 Å². The zero-order chi connectivity index (χ0) is 23.8. The second-order valence-corrected chi connectivity index (χ2v) is 8.06. The van der Waals surface area contributed by atoms with Crippen LogP contribution in [0.3, 0.4) is 0 Å². The zero-order valence-corrected chi connectivity index (χ0v) is 18.7. The van der Waals surface area contributed by atoms with Crippen molar-refractivity contribution in [3.63, 3.8) is 0 Å². The van der Waals surface area contributed by atoms with Gasteiger partial charge in [-0.05, 0) is 16.7 Å². The highest BCUT2D eigenvalue weighted by atomic mass is 16.6. The minimum Gasteiger partial charge on any atom is -0.459 e. The molecular formula is C27H27NO6. The number of carbonyl (C=O) groups is 2. The average molecular weight is 462 g/mol. The fraction of sp³-hybridized carbons (Fsp3) is 0.259. The van der Waals surface area contributed by atoms with Crippen LogP contribution in [-0.2, 0) is 38.8 Å². The molecule has 7 nitrogen and oxygen atoms in total. The van der Waals surface area contributed by atoms with E-state index in [9.17, 15) is 14.7 Å². The molecule has 0 saturated carbocycles. The summed E-state index contributed by atoms with van der Waals surface area (Å²) in [6, 6.07) is 26.7. The quantitative estimate of drug-likeness (QED) is 0.515. The van der Waals surface area contributed by atoms with E-state index in [-0.39, 0.29) is 26.4 Å². The molecule has 0 aliphatic carbocycles. The van der Waals surface area contributed by atoms with Gasteiger partial charge in [-0.25, -0.2) is 9.59 Å². The fourth-order valence-electron chi connectivity index (χ4n) is 3.80. The van der Waals surface area contributed by atoms with Gasteiger partial charge in [0.25, 0.3) is 0 Å². The normalized spacial score (nSPS) is 19.6. The number of nitrogens with zero attached hydrogens (tertiary/aromatic N) is 1. The molecule has 1 N–H and O–H groups in total. The van der Waals surface area contributed by atoms with Crippen molar-refractivity contribution in [2.45, 2.75) is 38.1 Å². The molecule has 0 unspecified atom stereocenters. The minimum absolute atomic E-state index is 0.00667. The van der Waals surface area contributed by atoms with E-state index in [1.54, 1.807) is 0 Å². The summed E-state index contributed by atoms with van der Waals surface area (Å²) in [7, 11) is 0. The molecule has 176 valence electrons. The molecule has 0 radical (unpaired) electrons. The Labute approximate surface area is 198 Å². The van der Waals surface area contributed by atoms with E-state index < -0.39 is 30.3 Å². The molecular weight excluding hydrogens is 434 g/mol. The summed E-state index contributed by atoms with van der Waals surface area (Å²) in [6.07, 6.45) is -2.73. The molecule has 3 aromatic carbocycles. The predicted octanol–water partition coefficient (Wildman–Crippen LogP) is 3.70. The maximum Gasteiger partial charge on any atom is 0.411 e. The number of ether oxygens (including phenoxy) is 3. The Morgan fingerprint density at radius 2 is 1.21 bits per heavy atom. The number of esters is 1. The molecule has 1 heterocycles. The molecule has 0 bridgehead atoms. The van der Waals surface area contributed by atoms with Crippen molar-refractivity contribution in [3.05, 3.63) is 108 Å². The monoisotopic (exact) mass is 461 g/mol. The van der Waals surface area contributed by atoms with Crippen LogP contribution in [0.15, 0.2) is 91.0 Å². The largest absolute Gasteiger partial charge is 0.459 e.